The summed E-state index contributed by atoms with van der Waals surface area (Å²) in [6.45, 7) is 6.90. The van der Waals surface area contributed by atoms with E-state index in [1.54, 1.807) is 11.1 Å². The monoisotopic (exact) mass is 276 g/mol. The van der Waals surface area contributed by atoms with Crippen LogP contribution >= 0.6 is 0 Å². The van der Waals surface area contributed by atoms with Gasteiger partial charge in [-0.3, -0.25) is 9.78 Å². The number of pyridine rings is 1. The van der Waals surface area contributed by atoms with Crippen molar-refractivity contribution in [1.82, 2.24) is 14.8 Å². The average Bonchev–Trinajstić information content (AvgIpc) is 2.98. The van der Waals surface area contributed by atoms with Gasteiger partial charge >= 0.3 is 0 Å². The maximum absolute atomic E-state index is 12.3. The predicted octanol–water partition coefficient (Wildman–Crippen LogP) is 1.68. The Balaban J connectivity index is 1.89. The molecule has 1 aromatic rings. The van der Waals surface area contributed by atoms with Crippen LogP contribution in [0.4, 0.5) is 5.69 Å². The second kappa shape index (κ2) is 7.24. The molecule has 0 bridgehead atoms. The summed E-state index contributed by atoms with van der Waals surface area (Å²) in [7, 11) is 1.85. The quantitative estimate of drug-likeness (QED) is 0.859. The normalized spacial score (nSPS) is 15.3. The number of carbonyl (C=O) groups excluding carboxylic acids is 1. The van der Waals surface area contributed by atoms with Crippen molar-refractivity contribution in [2.24, 2.45) is 0 Å². The fraction of sp³-hybridized carbons (Fsp3) is 0.600. The maximum atomic E-state index is 12.3. The van der Waals surface area contributed by atoms with Crippen molar-refractivity contribution in [2.45, 2.75) is 19.8 Å². The molecule has 0 aromatic carbocycles. The molecule has 1 saturated heterocycles. The van der Waals surface area contributed by atoms with Crippen LogP contribution in [-0.4, -0.2) is 60.5 Å². The number of hydrogen-bond acceptors (Lipinski definition) is 4. The molecule has 1 amide bonds. The van der Waals surface area contributed by atoms with Gasteiger partial charge in [0.25, 0.3) is 5.91 Å². The highest BCUT2D eigenvalue weighted by atomic mass is 16.2. The van der Waals surface area contributed by atoms with E-state index in [0.717, 1.165) is 38.4 Å². The van der Waals surface area contributed by atoms with E-state index in [2.05, 4.69) is 15.2 Å². The van der Waals surface area contributed by atoms with Crippen LogP contribution in [0.25, 0.3) is 0 Å². The Labute approximate surface area is 121 Å². The van der Waals surface area contributed by atoms with Crippen molar-refractivity contribution in [1.29, 1.82) is 0 Å². The van der Waals surface area contributed by atoms with Gasteiger partial charge < -0.3 is 15.1 Å². The van der Waals surface area contributed by atoms with Crippen LogP contribution in [0, 0.1) is 0 Å². The number of nitrogens with zero attached hydrogens (tertiary/aromatic N) is 3. The Morgan fingerprint density at radius 3 is 2.90 bits per heavy atom. The van der Waals surface area contributed by atoms with Gasteiger partial charge in [0.2, 0.25) is 0 Å². The van der Waals surface area contributed by atoms with Crippen molar-refractivity contribution in [3.05, 3.63) is 24.0 Å². The fourth-order valence-corrected chi connectivity index (χ4v) is 2.46. The van der Waals surface area contributed by atoms with Crippen LogP contribution in [0.3, 0.4) is 0 Å². The van der Waals surface area contributed by atoms with Gasteiger partial charge in [0, 0.05) is 38.6 Å². The van der Waals surface area contributed by atoms with Gasteiger partial charge in [0.05, 0.1) is 0 Å². The van der Waals surface area contributed by atoms with Crippen LogP contribution in [0.15, 0.2) is 18.3 Å². The van der Waals surface area contributed by atoms with Crippen LogP contribution in [0.2, 0.25) is 0 Å². The third kappa shape index (κ3) is 3.93. The Morgan fingerprint density at radius 2 is 2.20 bits per heavy atom. The second-order valence-electron chi connectivity index (χ2n) is 5.24. The topological polar surface area (TPSA) is 48.5 Å². The van der Waals surface area contributed by atoms with Crippen molar-refractivity contribution < 1.29 is 4.79 Å². The molecule has 1 aromatic heterocycles. The van der Waals surface area contributed by atoms with Crippen molar-refractivity contribution in [3.63, 3.8) is 0 Å². The van der Waals surface area contributed by atoms with E-state index in [0.29, 0.717) is 5.69 Å². The molecule has 1 fully saturated rings. The molecule has 2 heterocycles. The van der Waals surface area contributed by atoms with Crippen LogP contribution in [-0.2, 0) is 0 Å². The molecule has 5 heteroatoms. The van der Waals surface area contributed by atoms with Crippen LogP contribution < -0.4 is 5.32 Å². The number of rotatable bonds is 6. The second-order valence-corrected chi connectivity index (χ2v) is 5.24. The Morgan fingerprint density at radius 1 is 1.45 bits per heavy atom. The Kier molecular flexibility index (Phi) is 5.35. The van der Waals surface area contributed by atoms with E-state index in [-0.39, 0.29) is 5.91 Å². The highest BCUT2D eigenvalue weighted by molar-refractivity contribution is 5.92. The summed E-state index contributed by atoms with van der Waals surface area (Å²) in [4.78, 5) is 20.7. The largest absolute Gasteiger partial charge is 0.385 e. The van der Waals surface area contributed by atoms with E-state index >= 15 is 0 Å². The zero-order valence-electron chi connectivity index (χ0n) is 12.4. The lowest BCUT2D eigenvalue weighted by Crippen LogP contribution is -2.35. The molecular formula is C15H24N4O. The summed E-state index contributed by atoms with van der Waals surface area (Å²) in [5.74, 6) is -0.0102. The minimum Gasteiger partial charge on any atom is -0.385 e. The van der Waals surface area contributed by atoms with Crippen molar-refractivity contribution >= 4 is 11.6 Å². The summed E-state index contributed by atoms with van der Waals surface area (Å²) >= 11 is 0. The number of carbonyl (C=O) groups is 1. The van der Waals surface area contributed by atoms with Gasteiger partial charge in [-0.1, -0.05) is 0 Å². The number of nitrogens with one attached hydrogen (secondary N) is 1. The third-order valence-electron chi connectivity index (χ3n) is 3.66. The van der Waals surface area contributed by atoms with Gasteiger partial charge in [-0.05, 0) is 45.0 Å². The first kappa shape index (κ1) is 14.8. The van der Waals surface area contributed by atoms with Crippen molar-refractivity contribution in [3.8, 4) is 0 Å². The van der Waals surface area contributed by atoms with E-state index in [4.69, 9.17) is 0 Å². The molecule has 0 aliphatic carbocycles. The maximum Gasteiger partial charge on any atom is 0.272 e. The first-order valence-corrected chi connectivity index (χ1v) is 7.38. The number of anilines is 1. The standard InChI is InChI=1S/C15H24N4O/c1-3-16-13-6-7-17-14(12-13)15(20)18(2)10-11-19-8-4-5-9-19/h6-7,12H,3-5,8-11H2,1-2H3,(H,16,17). The third-order valence-corrected chi connectivity index (χ3v) is 3.66. The summed E-state index contributed by atoms with van der Waals surface area (Å²) < 4.78 is 0. The number of likely N-dealkylation sites (tertiary alicyclic amines) is 1. The zero-order valence-corrected chi connectivity index (χ0v) is 12.4. The smallest absolute Gasteiger partial charge is 0.272 e. The molecule has 5 nitrogen and oxygen atoms in total. The molecule has 110 valence electrons. The average molecular weight is 276 g/mol. The summed E-state index contributed by atoms with van der Waals surface area (Å²) in [6.07, 6.45) is 4.24. The van der Waals surface area contributed by atoms with Gasteiger partial charge in [-0.2, -0.15) is 0 Å². The highest BCUT2D eigenvalue weighted by Crippen LogP contribution is 2.10. The number of aromatic nitrogens is 1. The first-order chi connectivity index (χ1) is 9.70. The zero-order chi connectivity index (χ0) is 14.4. The molecule has 20 heavy (non-hydrogen) atoms. The fourth-order valence-electron chi connectivity index (χ4n) is 2.46. The number of hydrogen-bond donors (Lipinski definition) is 1. The highest BCUT2D eigenvalue weighted by Gasteiger charge is 2.16. The van der Waals surface area contributed by atoms with Gasteiger partial charge in [0.15, 0.2) is 0 Å². The molecule has 1 aliphatic rings. The van der Waals surface area contributed by atoms with Crippen LogP contribution in [0.1, 0.15) is 30.3 Å². The molecule has 1 aliphatic heterocycles. The molecular weight excluding hydrogens is 252 g/mol. The van der Waals surface area contributed by atoms with Gasteiger partial charge in [0.1, 0.15) is 5.69 Å². The molecule has 0 spiro atoms. The lowest BCUT2D eigenvalue weighted by atomic mass is 10.3. The molecule has 2 rings (SSSR count). The first-order valence-electron chi connectivity index (χ1n) is 7.38. The van der Waals surface area contributed by atoms with E-state index in [1.165, 1.54) is 12.8 Å². The predicted molar refractivity (Wildman–Crippen MR) is 81.0 cm³/mol. The van der Waals surface area contributed by atoms with E-state index in [9.17, 15) is 4.79 Å². The Hall–Kier alpha value is -1.62. The van der Waals surface area contributed by atoms with E-state index < -0.39 is 0 Å². The molecule has 0 atom stereocenters. The lowest BCUT2D eigenvalue weighted by Gasteiger charge is -2.21. The number of likely N-dealkylation sites (N-methyl/N-ethyl adjacent to an activating group) is 1. The molecule has 1 N–H and O–H groups in total. The molecule has 0 radical (unpaired) electrons. The van der Waals surface area contributed by atoms with Crippen LogP contribution in [0.5, 0.6) is 0 Å². The van der Waals surface area contributed by atoms with Crippen molar-refractivity contribution in [2.75, 3.05) is 45.1 Å². The summed E-state index contributed by atoms with van der Waals surface area (Å²) in [5, 5.41) is 3.20. The Bertz CT molecular complexity index is 443. The molecule has 0 saturated carbocycles. The van der Waals surface area contributed by atoms with Gasteiger partial charge in [-0.15, -0.1) is 0 Å². The minimum absolute atomic E-state index is 0.0102. The minimum atomic E-state index is -0.0102. The summed E-state index contributed by atoms with van der Waals surface area (Å²) in [6, 6.07) is 3.70. The number of amides is 1. The SMILES string of the molecule is CCNc1ccnc(C(=O)N(C)CCN2CCCC2)c1. The molecule has 0 unspecified atom stereocenters. The lowest BCUT2D eigenvalue weighted by molar-refractivity contribution is 0.0776. The van der Waals surface area contributed by atoms with E-state index in [1.807, 2.05) is 26.1 Å². The van der Waals surface area contributed by atoms with Gasteiger partial charge in [-0.25, -0.2) is 0 Å². The summed E-state index contributed by atoms with van der Waals surface area (Å²) in [5.41, 5.74) is 1.45.